The third-order valence-corrected chi connectivity index (χ3v) is 6.40. The number of nitrogens with one attached hydrogen (secondary N) is 2. The van der Waals surface area contributed by atoms with Gasteiger partial charge in [0, 0.05) is 11.8 Å². The highest BCUT2D eigenvalue weighted by atomic mass is 32.2. The van der Waals surface area contributed by atoms with Crippen molar-refractivity contribution in [3.05, 3.63) is 78.2 Å². The molecule has 0 radical (unpaired) electrons. The number of nitrogens with zero attached hydrogens (tertiary/aromatic N) is 4. The Morgan fingerprint density at radius 3 is 2.78 bits per heavy atom. The van der Waals surface area contributed by atoms with Gasteiger partial charge in [-0.05, 0) is 50.2 Å². The zero-order valence-electron chi connectivity index (χ0n) is 19.5. The van der Waals surface area contributed by atoms with Crippen LogP contribution in [-0.4, -0.2) is 46.8 Å². The SMILES string of the molecule is CC(C)(COc1cccc2c1C(N)=NS(=O)(=O)N2)NC(=O)c1ccnc(-n2cnc3ccccc32)c1. The van der Waals surface area contributed by atoms with Crippen molar-refractivity contribution in [1.82, 2.24) is 19.9 Å². The van der Waals surface area contributed by atoms with Crippen LogP contribution in [0, 0.1) is 0 Å². The van der Waals surface area contributed by atoms with Gasteiger partial charge in [0.2, 0.25) is 0 Å². The van der Waals surface area contributed by atoms with Gasteiger partial charge in [-0.1, -0.05) is 18.2 Å². The van der Waals surface area contributed by atoms with Gasteiger partial charge in [-0.3, -0.25) is 14.1 Å². The summed E-state index contributed by atoms with van der Waals surface area (Å²) in [4.78, 5) is 21.8. The fraction of sp³-hybridized carbons (Fsp3) is 0.167. The first-order valence-electron chi connectivity index (χ1n) is 11.0. The van der Waals surface area contributed by atoms with Crippen LogP contribution in [0.5, 0.6) is 5.75 Å². The van der Waals surface area contributed by atoms with Gasteiger partial charge in [0.15, 0.2) is 5.84 Å². The summed E-state index contributed by atoms with van der Waals surface area (Å²) in [6, 6.07) is 15.8. The minimum absolute atomic E-state index is 0.0827. The number of imidazole rings is 1. The second-order valence-corrected chi connectivity index (χ2v) is 10.2. The summed E-state index contributed by atoms with van der Waals surface area (Å²) >= 11 is 0. The Hall–Kier alpha value is -4.45. The van der Waals surface area contributed by atoms with Crippen molar-refractivity contribution in [2.75, 3.05) is 11.3 Å². The van der Waals surface area contributed by atoms with Crippen molar-refractivity contribution in [3.63, 3.8) is 0 Å². The van der Waals surface area contributed by atoms with Crippen molar-refractivity contribution in [3.8, 4) is 11.6 Å². The largest absolute Gasteiger partial charge is 0.490 e. The van der Waals surface area contributed by atoms with Crippen molar-refractivity contribution in [1.29, 1.82) is 0 Å². The summed E-state index contributed by atoms with van der Waals surface area (Å²) in [5, 5.41) is 2.97. The highest BCUT2D eigenvalue weighted by molar-refractivity contribution is 7.91. The maximum Gasteiger partial charge on any atom is 0.344 e. The number of anilines is 1. The molecule has 2 aromatic heterocycles. The fourth-order valence-corrected chi connectivity index (χ4v) is 4.69. The van der Waals surface area contributed by atoms with Gasteiger partial charge in [-0.2, -0.15) is 8.42 Å². The van der Waals surface area contributed by atoms with Crippen LogP contribution < -0.4 is 20.5 Å². The van der Waals surface area contributed by atoms with Gasteiger partial charge in [0.25, 0.3) is 5.91 Å². The van der Waals surface area contributed by atoms with Crippen molar-refractivity contribution in [2.24, 2.45) is 10.1 Å². The highest BCUT2D eigenvalue weighted by Crippen LogP contribution is 2.31. The first-order valence-corrected chi connectivity index (χ1v) is 12.4. The van der Waals surface area contributed by atoms with Crippen LogP contribution in [0.2, 0.25) is 0 Å². The molecule has 1 aliphatic heterocycles. The average Bonchev–Trinajstić information content (AvgIpc) is 3.26. The van der Waals surface area contributed by atoms with Crippen LogP contribution in [-0.2, 0) is 10.2 Å². The molecule has 0 bridgehead atoms. The van der Waals surface area contributed by atoms with Gasteiger partial charge in [0.1, 0.15) is 24.5 Å². The number of carbonyl (C=O) groups excluding carboxylic acids is 1. The molecule has 0 fully saturated rings. The number of fused-ring (bicyclic) bond motifs is 2. The quantitative estimate of drug-likeness (QED) is 0.363. The molecule has 0 saturated heterocycles. The Balaban J connectivity index is 1.32. The summed E-state index contributed by atoms with van der Waals surface area (Å²) in [6.45, 7) is 3.71. The smallest absolute Gasteiger partial charge is 0.344 e. The van der Waals surface area contributed by atoms with Gasteiger partial charge in [-0.25, -0.2) is 9.97 Å². The molecular weight excluding hydrogens is 482 g/mol. The third-order valence-electron chi connectivity index (χ3n) is 5.49. The summed E-state index contributed by atoms with van der Waals surface area (Å²) < 4.78 is 37.2. The predicted octanol–water partition coefficient (Wildman–Crippen LogP) is 2.38. The number of amides is 1. The number of hydrogen-bond acceptors (Lipinski definition) is 7. The number of aromatic nitrogens is 3. The lowest BCUT2D eigenvalue weighted by Crippen LogP contribution is -2.48. The Morgan fingerprint density at radius 2 is 1.94 bits per heavy atom. The molecule has 12 heteroatoms. The Morgan fingerprint density at radius 1 is 1.14 bits per heavy atom. The summed E-state index contributed by atoms with van der Waals surface area (Å²) in [5.41, 5.74) is 7.85. The number of rotatable bonds is 6. The number of nitrogens with two attached hydrogens (primary N) is 1. The fourth-order valence-electron chi connectivity index (χ4n) is 3.84. The number of amidine groups is 1. The Labute approximate surface area is 207 Å². The predicted molar refractivity (Wildman–Crippen MR) is 136 cm³/mol. The minimum Gasteiger partial charge on any atom is -0.490 e. The van der Waals surface area contributed by atoms with E-state index in [4.69, 9.17) is 10.5 Å². The number of ether oxygens (including phenoxy) is 1. The van der Waals surface area contributed by atoms with E-state index in [1.165, 1.54) is 0 Å². The first kappa shape index (κ1) is 23.3. The van der Waals surface area contributed by atoms with E-state index in [9.17, 15) is 13.2 Å². The van der Waals surface area contributed by atoms with Crippen molar-refractivity contribution >= 4 is 38.7 Å². The molecule has 3 heterocycles. The lowest BCUT2D eigenvalue weighted by molar-refractivity contribution is 0.0880. The van der Waals surface area contributed by atoms with E-state index in [0.717, 1.165) is 11.0 Å². The third kappa shape index (κ3) is 4.58. The van der Waals surface area contributed by atoms with Crippen LogP contribution in [0.25, 0.3) is 16.9 Å². The highest BCUT2D eigenvalue weighted by Gasteiger charge is 2.27. The lowest BCUT2D eigenvalue weighted by atomic mass is 10.1. The van der Waals surface area contributed by atoms with Crippen LogP contribution in [0.1, 0.15) is 29.8 Å². The molecule has 0 atom stereocenters. The van der Waals surface area contributed by atoms with E-state index in [1.807, 2.05) is 42.7 Å². The zero-order chi connectivity index (χ0) is 25.5. The monoisotopic (exact) mass is 505 g/mol. The van der Waals surface area contributed by atoms with E-state index in [2.05, 4.69) is 24.4 Å². The summed E-state index contributed by atoms with van der Waals surface area (Å²) in [5.74, 6) is 0.438. The van der Waals surface area contributed by atoms with Crippen molar-refractivity contribution in [2.45, 2.75) is 19.4 Å². The lowest BCUT2D eigenvalue weighted by Gasteiger charge is -2.27. The molecule has 4 N–H and O–H groups in total. The molecule has 0 saturated carbocycles. The van der Waals surface area contributed by atoms with E-state index in [0.29, 0.717) is 22.7 Å². The van der Waals surface area contributed by atoms with Crippen LogP contribution in [0.15, 0.2) is 71.5 Å². The number of benzene rings is 2. The summed E-state index contributed by atoms with van der Waals surface area (Å²) in [7, 11) is -3.89. The molecule has 11 nitrogen and oxygen atoms in total. The normalized spacial score (nSPS) is 14.4. The number of hydrogen-bond donors (Lipinski definition) is 3. The topological polar surface area (TPSA) is 154 Å². The number of para-hydroxylation sites is 2. The van der Waals surface area contributed by atoms with Gasteiger partial charge in [-0.15, -0.1) is 4.40 Å². The molecule has 184 valence electrons. The number of carbonyl (C=O) groups is 1. The molecule has 4 aromatic rings. The average molecular weight is 506 g/mol. The molecule has 2 aromatic carbocycles. The second-order valence-electron chi connectivity index (χ2n) is 8.87. The number of pyridine rings is 1. The molecular formula is C24H23N7O4S. The van der Waals surface area contributed by atoms with Gasteiger partial charge >= 0.3 is 10.2 Å². The van der Waals surface area contributed by atoms with E-state index >= 15 is 0 Å². The molecule has 36 heavy (non-hydrogen) atoms. The standard InChI is InChI=1S/C24H23N7O4S/c1-24(2,13-35-19-9-5-7-17-21(19)22(25)30-36(33,34)29-17)28-23(32)15-10-11-26-20(12-15)31-14-27-16-6-3-4-8-18(16)31/h3-12,14,29H,13H2,1-2H3,(H2,25,30)(H,28,32). The maximum absolute atomic E-state index is 13.1. The molecule has 5 rings (SSSR count). The molecule has 0 unspecified atom stereocenters. The van der Waals surface area contributed by atoms with E-state index < -0.39 is 15.7 Å². The van der Waals surface area contributed by atoms with Crippen LogP contribution >= 0.6 is 0 Å². The maximum atomic E-state index is 13.1. The Kier molecular flexibility index (Phi) is 5.59. The van der Waals surface area contributed by atoms with E-state index in [-0.39, 0.29) is 24.0 Å². The molecule has 0 aliphatic carbocycles. The second kappa shape index (κ2) is 8.64. The molecule has 0 spiro atoms. The van der Waals surface area contributed by atoms with Gasteiger partial charge < -0.3 is 15.8 Å². The molecule has 1 aliphatic rings. The minimum atomic E-state index is -3.89. The Bertz CT molecular complexity index is 1630. The van der Waals surface area contributed by atoms with Crippen LogP contribution in [0.4, 0.5) is 5.69 Å². The summed E-state index contributed by atoms with van der Waals surface area (Å²) in [6.07, 6.45) is 3.24. The van der Waals surface area contributed by atoms with E-state index in [1.54, 1.807) is 42.9 Å². The van der Waals surface area contributed by atoms with Gasteiger partial charge in [0.05, 0.1) is 27.8 Å². The molecule has 1 amide bonds. The van der Waals surface area contributed by atoms with Crippen molar-refractivity contribution < 1.29 is 17.9 Å². The first-order chi connectivity index (χ1) is 17.1. The zero-order valence-corrected chi connectivity index (χ0v) is 20.3. The van der Waals surface area contributed by atoms with Crippen LogP contribution in [0.3, 0.4) is 0 Å².